The smallest absolute Gasteiger partial charge is 0.436 e. The molecule has 15 heavy (non-hydrogen) atoms. The predicted molar refractivity (Wildman–Crippen MR) is 54.8 cm³/mol. The summed E-state index contributed by atoms with van der Waals surface area (Å²) in [5, 5.41) is 0. The Hall–Kier alpha value is -1.10. The third-order valence-corrected chi connectivity index (χ3v) is 1.56. The molecule has 0 fully saturated rings. The van der Waals surface area contributed by atoms with Crippen LogP contribution in [0.15, 0.2) is 0 Å². The van der Waals surface area contributed by atoms with Gasteiger partial charge in [0.2, 0.25) is 0 Å². The van der Waals surface area contributed by atoms with Gasteiger partial charge in [0.05, 0.1) is 6.10 Å². The normalized spacial score (nSPS) is 10.1. The molecule has 0 unspecified atom stereocenters. The van der Waals surface area contributed by atoms with E-state index < -0.39 is 11.9 Å². The molecule has 0 atom stereocenters. The van der Waals surface area contributed by atoms with Gasteiger partial charge in [-0.1, -0.05) is 19.8 Å². The Bertz CT molecular complexity index is 204. The lowest BCUT2D eigenvalue weighted by atomic mass is 10.3. The van der Waals surface area contributed by atoms with E-state index in [1.165, 1.54) is 0 Å². The fourth-order valence-corrected chi connectivity index (χ4v) is 0.868. The van der Waals surface area contributed by atoms with E-state index in [-0.39, 0.29) is 6.10 Å². The number of hydrogen-bond donors (Lipinski definition) is 1. The van der Waals surface area contributed by atoms with Gasteiger partial charge in [0.1, 0.15) is 0 Å². The van der Waals surface area contributed by atoms with E-state index >= 15 is 0 Å². The number of esters is 1. The van der Waals surface area contributed by atoms with Gasteiger partial charge in [-0.3, -0.25) is 0 Å². The Morgan fingerprint density at radius 3 is 2.40 bits per heavy atom. The summed E-state index contributed by atoms with van der Waals surface area (Å²) in [6.45, 7) is 5.96. The number of unbranched alkanes of at least 4 members (excludes halogenated alkanes) is 2. The zero-order valence-electron chi connectivity index (χ0n) is 9.54. The second-order valence-electron chi connectivity index (χ2n) is 3.45. The summed E-state index contributed by atoms with van der Waals surface area (Å²) < 4.78 is 4.64. The van der Waals surface area contributed by atoms with Crippen LogP contribution in [-0.4, -0.2) is 24.6 Å². The highest BCUT2D eigenvalue weighted by Gasteiger charge is 2.18. The van der Waals surface area contributed by atoms with Crippen LogP contribution in [-0.2, 0) is 19.2 Å². The van der Waals surface area contributed by atoms with Gasteiger partial charge >= 0.3 is 11.9 Å². The second kappa shape index (κ2) is 8.23. The number of hydrogen-bond acceptors (Lipinski definition) is 5. The average Bonchev–Trinajstić information content (AvgIpc) is 2.16. The first-order valence-electron chi connectivity index (χ1n) is 5.22. The molecule has 0 aliphatic carbocycles. The van der Waals surface area contributed by atoms with Crippen molar-refractivity contribution >= 4 is 11.9 Å². The van der Waals surface area contributed by atoms with Crippen molar-refractivity contribution in [2.45, 2.75) is 46.1 Å². The van der Waals surface area contributed by atoms with E-state index in [1.807, 2.05) is 0 Å². The van der Waals surface area contributed by atoms with Crippen LogP contribution in [0.5, 0.6) is 0 Å². The Balaban J connectivity index is 3.52. The largest absolute Gasteiger partial charge is 0.455 e. The number of rotatable bonds is 6. The number of carbonyl (C=O) groups is 2. The molecule has 0 aromatic carbocycles. The van der Waals surface area contributed by atoms with Gasteiger partial charge in [0.15, 0.2) is 0 Å². The fourth-order valence-electron chi connectivity index (χ4n) is 0.868. The van der Waals surface area contributed by atoms with E-state index in [1.54, 1.807) is 13.8 Å². The lowest BCUT2D eigenvalue weighted by Crippen LogP contribution is -2.29. The maximum absolute atomic E-state index is 11.0. The highest BCUT2D eigenvalue weighted by molar-refractivity contribution is 6.29. The minimum absolute atomic E-state index is 0.315. The van der Waals surface area contributed by atoms with Crippen molar-refractivity contribution in [3.8, 4) is 0 Å². The third kappa shape index (κ3) is 7.93. The van der Waals surface area contributed by atoms with Crippen molar-refractivity contribution in [3.05, 3.63) is 0 Å². The molecule has 0 rings (SSSR count). The molecule has 0 aromatic heterocycles. The molecule has 88 valence electrons. The first-order chi connectivity index (χ1) is 7.07. The van der Waals surface area contributed by atoms with Crippen LogP contribution in [0.25, 0.3) is 0 Å². The fraction of sp³-hybridized carbons (Fsp3) is 0.800. The summed E-state index contributed by atoms with van der Waals surface area (Å²) in [6.07, 6.45) is 2.74. The summed E-state index contributed by atoms with van der Waals surface area (Å²) in [6, 6.07) is 0. The standard InChI is InChI=1S/C10H19NO4/c1-4-5-6-7-11-15-10(13)9(12)14-8(2)3/h8,11H,4-7H2,1-3H3. The lowest BCUT2D eigenvalue weighted by Gasteiger charge is -2.07. The van der Waals surface area contributed by atoms with Gasteiger partial charge < -0.3 is 9.57 Å². The van der Waals surface area contributed by atoms with E-state index in [0.717, 1.165) is 19.3 Å². The van der Waals surface area contributed by atoms with Crippen LogP contribution in [0.3, 0.4) is 0 Å². The molecule has 0 aliphatic rings. The zero-order valence-corrected chi connectivity index (χ0v) is 9.54. The quantitative estimate of drug-likeness (QED) is 0.313. The molecular weight excluding hydrogens is 198 g/mol. The molecular formula is C10H19NO4. The maximum Gasteiger partial charge on any atom is 0.436 e. The molecule has 0 aliphatic heterocycles. The van der Waals surface area contributed by atoms with Gasteiger partial charge in [-0.15, -0.1) is 0 Å². The minimum atomic E-state index is -1.000. The van der Waals surface area contributed by atoms with Crippen molar-refractivity contribution < 1.29 is 19.2 Å². The van der Waals surface area contributed by atoms with E-state index in [0.29, 0.717) is 6.54 Å². The molecule has 0 radical (unpaired) electrons. The highest BCUT2D eigenvalue weighted by Crippen LogP contribution is 1.92. The molecule has 5 nitrogen and oxygen atoms in total. The number of ether oxygens (including phenoxy) is 1. The van der Waals surface area contributed by atoms with E-state index in [2.05, 4.69) is 22.0 Å². The lowest BCUT2D eigenvalue weighted by molar-refractivity contribution is -0.174. The van der Waals surface area contributed by atoms with Crippen LogP contribution >= 0.6 is 0 Å². The number of nitrogens with one attached hydrogen (secondary N) is 1. The van der Waals surface area contributed by atoms with Gasteiger partial charge in [-0.2, -0.15) is 5.48 Å². The van der Waals surface area contributed by atoms with Gasteiger partial charge in [-0.05, 0) is 20.3 Å². The van der Waals surface area contributed by atoms with Crippen molar-refractivity contribution in [1.82, 2.24) is 5.48 Å². The number of hydroxylamine groups is 1. The minimum Gasteiger partial charge on any atom is -0.455 e. The molecule has 0 spiro atoms. The van der Waals surface area contributed by atoms with E-state index in [4.69, 9.17) is 0 Å². The van der Waals surface area contributed by atoms with Crippen molar-refractivity contribution in [2.24, 2.45) is 0 Å². The molecule has 0 saturated heterocycles. The summed E-state index contributed by atoms with van der Waals surface area (Å²) in [5.74, 6) is -1.96. The first-order valence-corrected chi connectivity index (χ1v) is 5.22. The molecule has 1 N–H and O–H groups in total. The summed E-state index contributed by atoms with van der Waals surface area (Å²) >= 11 is 0. The Labute approximate surface area is 90.1 Å². The Morgan fingerprint density at radius 1 is 1.20 bits per heavy atom. The van der Waals surface area contributed by atoms with Gasteiger partial charge in [0, 0.05) is 6.54 Å². The highest BCUT2D eigenvalue weighted by atomic mass is 16.7. The van der Waals surface area contributed by atoms with Gasteiger partial charge in [0.25, 0.3) is 0 Å². The van der Waals surface area contributed by atoms with Crippen molar-refractivity contribution in [2.75, 3.05) is 6.54 Å². The summed E-state index contributed by atoms with van der Waals surface area (Å²) in [7, 11) is 0. The maximum atomic E-state index is 11.0. The topological polar surface area (TPSA) is 64.6 Å². The van der Waals surface area contributed by atoms with Crippen molar-refractivity contribution in [1.29, 1.82) is 0 Å². The SMILES string of the molecule is CCCCCNOC(=O)C(=O)OC(C)C. The van der Waals surface area contributed by atoms with Crippen LogP contribution in [0.4, 0.5) is 0 Å². The molecule has 0 heterocycles. The molecule has 0 bridgehead atoms. The first kappa shape index (κ1) is 13.9. The predicted octanol–water partition coefficient (Wildman–Crippen LogP) is 1.18. The van der Waals surface area contributed by atoms with E-state index in [9.17, 15) is 9.59 Å². The number of carbonyl (C=O) groups excluding carboxylic acids is 2. The third-order valence-electron chi connectivity index (χ3n) is 1.56. The molecule has 0 saturated carbocycles. The summed E-state index contributed by atoms with van der Waals surface area (Å²) in [4.78, 5) is 26.4. The van der Waals surface area contributed by atoms with Crippen LogP contribution < -0.4 is 5.48 Å². The van der Waals surface area contributed by atoms with Crippen molar-refractivity contribution in [3.63, 3.8) is 0 Å². The molecule has 0 amide bonds. The van der Waals surface area contributed by atoms with Crippen LogP contribution in [0.2, 0.25) is 0 Å². The summed E-state index contributed by atoms with van der Waals surface area (Å²) in [5.41, 5.74) is 2.42. The molecule has 5 heteroatoms. The van der Waals surface area contributed by atoms with Gasteiger partial charge in [-0.25, -0.2) is 9.59 Å². The zero-order chi connectivity index (χ0) is 11.7. The Morgan fingerprint density at radius 2 is 1.87 bits per heavy atom. The average molecular weight is 217 g/mol. The Kier molecular flexibility index (Phi) is 7.62. The second-order valence-corrected chi connectivity index (χ2v) is 3.45. The van der Waals surface area contributed by atoms with Crippen LogP contribution in [0.1, 0.15) is 40.0 Å². The van der Waals surface area contributed by atoms with Crippen LogP contribution in [0, 0.1) is 0 Å². The molecule has 0 aromatic rings. The monoisotopic (exact) mass is 217 g/mol.